The van der Waals surface area contributed by atoms with Gasteiger partial charge in [0.25, 0.3) is 0 Å². The lowest BCUT2D eigenvalue weighted by molar-refractivity contribution is 0.172. The first kappa shape index (κ1) is 16.7. The molecule has 0 N–H and O–H groups in total. The second-order valence-electron chi connectivity index (χ2n) is 7.50. The number of furan rings is 1. The van der Waals surface area contributed by atoms with Crippen LogP contribution in [0, 0.1) is 0 Å². The summed E-state index contributed by atoms with van der Waals surface area (Å²) in [5, 5.41) is 13.1. The molecule has 1 atom stereocenters. The van der Waals surface area contributed by atoms with Crippen LogP contribution in [0.3, 0.4) is 0 Å². The number of aromatic nitrogens is 5. The Balaban J connectivity index is 1.28. The fourth-order valence-corrected chi connectivity index (χ4v) is 4.24. The summed E-state index contributed by atoms with van der Waals surface area (Å²) in [6, 6.07) is 3.66. The van der Waals surface area contributed by atoms with Gasteiger partial charge in [0.15, 0.2) is 5.76 Å². The molecule has 8 heteroatoms. The van der Waals surface area contributed by atoms with E-state index in [9.17, 15) is 0 Å². The van der Waals surface area contributed by atoms with Crippen LogP contribution in [-0.4, -0.2) is 42.9 Å². The first-order chi connectivity index (χ1) is 13.4. The van der Waals surface area contributed by atoms with E-state index in [1.165, 1.54) is 30.9 Å². The summed E-state index contributed by atoms with van der Waals surface area (Å²) in [5.41, 5.74) is 0. The number of nitrogens with zero attached hydrogens (tertiary/aromatic N) is 6. The van der Waals surface area contributed by atoms with Gasteiger partial charge < -0.3 is 13.5 Å². The minimum atomic E-state index is 0.422. The zero-order chi connectivity index (χ0) is 18.1. The number of aryl methyl sites for hydroxylation is 1. The fraction of sp³-hybridized carbons (Fsp3) is 0.579. The Morgan fingerprint density at radius 3 is 3.04 bits per heavy atom. The van der Waals surface area contributed by atoms with Gasteiger partial charge in [0, 0.05) is 25.4 Å². The van der Waals surface area contributed by atoms with Crippen LogP contribution in [0.2, 0.25) is 0 Å². The van der Waals surface area contributed by atoms with Crippen LogP contribution in [0.1, 0.15) is 55.6 Å². The summed E-state index contributed by atoms with van der Waals surface area (Å²) in [6.07, 6.45) is 8.72. The highest BCUT2D eigenvalue weighted by molar-refractivity contribution is 5.44. The highest BCUT2D eigenvalue weighted by atomic mass is 16.5. The molecule has 27 heavy (non-hydrogen) atoms. The van der Waals surface area contributed by atoms with Crippen LogP contribution in [0.5, 0.6) is 0 Å². The van der Waals surface area contributed by atoms with E-state index in [0.29, 0.717) is 29.9 Å². The number of rotatable bonds is 4. The maximum atomic E-state index is 5.43. The van der Waals surface area contributed by atoms with Crippen LogP contribution in [-0.2, 0) is 19.5 Å². The average molecular weight is 368 g/mol. The number of piperidine rings is 1. The van der Waals surface area contributed by atoms with Gasteiger partial charge in [0.1, 0.15) is 11.6 Å². The predicted octanol–water partition coefficient (Wildman–Crippen LogP) is 3.03. The molecule has 0 radical (unpaired) electrons. The quantitative estimate of drug-likeness (QED) is 0.699. The molecule has 1 fully saturated rings. The van der Waals surface area contributed by atoms with Crippen molar-refractivity contribution in [3.05, 3.63) is 35.9 Å². The van der Waals surface area contributed by atoms with Crippen molar-refractivity contribution in [2.45, 2.75) is 57.5 Å². The van der Waals surface area contributed by atoms with Crippen LogP contribution < -0.4 is 0 Å². The van der Waals surface area contributed by atoms with Crippen LogP contribution in [0.4, 0.5) is 0 Å². The van der Waals surface area contributed by atoms with Gasteiger partial charge in [0.2, 0.25) is 11.7 Å². The third kappa shape index (κ3) is 3.41. The summed E-state index contributed by atoms with van der Waals surface area (Å²) in [4.78, 5) is 6.85. The molecule has 142 valence electrons. The molecule has 0 bridgehead atoms. The lowest BCUT2D eigenvalue weighted by atomic mass is 9.97. The fourth-order valence-electron chi connectivity index (χ4n) is 4.24. The molecule has 0 amide bonds. The Morgan fingerprint density at radius 1 is 1.11 bits per heavy atom. The van der Waals surface area contributed by atoms with Crippen LogP contribution in [0.25, 0.3) is 11.6 Å². The maximum absolute atomic E-state index is 5.43. The molecule has 0 spiro atoms. The summed E-state index contributed by atoms with van der Waals surface area (Å²) >= 11 is 0. The zero-order valence-corrected chi connectivity index (χ0v) is 15.4. The molecule has 0 aromatic carbocycles. The van der Waals surface area contributed by atoms with Crippen molar-refractivity contribution in [1.29, 1.82) is 0 Å². The zero-order valence-electron chi connectivity index (χ0n) is 15.4. The highest BCUT2D eigenvalue weighted by Gasteiger charge is 2.28. The van der Waals surface area contributed by atoms with Crippen molar-refractivity contribution >= 4 is 0 Å². The van der Waals surface area contributed by atoms with Crippen molar-refractivity contribution in [1.82, 2.24) is 29.8 Å². The molecule has 8 nitrogen and oxygen atoms in total. The minimum Gasteiger partial charge on any atom is -0.461 e. The number of likely N-dealkylation sites (tertiary alicyclic amines) is 1. The van der Waals surface area contributed by atoms with Crippen molar-refractivity contribution in [2.24, 2.45) is 0 Å². The summed E-state index contributed by atoms with van der Waals surface area (Å²) in [7, 11) is 0. The monoisotopic (exact) mass is 368 g/mol. The molecule has 5 rings (SSSR count). The first-order valence-corrected chi connectivity index (χ1v) is 9.87. The van der Waals surface area contributed by atoms with Gasteiger partial charge in [-0.15, -0.1) is 10.2 Å². The highest BCUT2D eigenvalue weighted by Crippen LogP contribution is 2.28. The topological polar surface area (TPSA) is 86.0 Å². The van der Waals surface area contributed by atoms with Gasteiger partial charge in [-0.25, -0.2) is 0 Å². The third-order valence-electron chi connectivity index (χ3n) is 5.58. The summed E-state index contributed by atoms with van der Waals surface area (Å²) in [5.74, 6) is 4.52. The van der Waals surface area contributed by atoms with Gasteiger partial charge in [-0.3, -0.25) is 4.90 Å². The van der Waals surface area contributed by atoms with Gasteiger partial charge in [-0.2, -0.15) is 4.98 Å². The van der Waals surface area contributed by atoms with Crippen molar-refractivity contribution in [3.63, 3.8) is 0 Å². The molecule has 0 aliphatic carbocycles. The van der Waals surface area contributed by atoms with Gasteiger partial charge >= 0.3 is 0 Å². The molecular weight excluding hydrogens is 344 g/mol. The van der Waals surface area contributed by atoms with Crippen LogP contribution >= 0.6 is 0 Å². The van der Waals surface area contributed by atoms with E-state index >= 15 is 0 Å². The molecule has 5 heterocycles. The van der Waals surface area contributed by atoms with Crippen molar-refractivity contribution in [3.8, 4) is 11.6 Å². The molecule has 1 unspecified atom stereocenters. The molecule has 2 aliphatic rings. The van der Waals surface area contributed by atoms with Gasteiger partial charge in [-0.1, -0.05) is 11.6 Å². The second-order valence-corrected chi connectivity index (χ2v) is 7.50. The molecule has 3 aromatic heterocycles. The molecular formula is C19H24N6O2. The van der Waals surface area contributed by atoms with E-state index < -0.39 is 0 Å². The van der Waals surface area contributed by atoms with Crippen molar-refractivity contribution < 1.29 is 8.94 Å². The van der Waals surface area contributed by atoms with E-state index in [2.05, 4.69) is 29.8 Å². The molecule has 2 aliphatic heterocycles. The SMILES string of the molecule is c1coc(-c2noc(CN3CCCC(c4nnc5n4CCCCC5)C3)n2)c1. The third-order valence-corrected chi connectivity index (χ3v) is 5.58. The smallest absolute Gasteiger partial charge is 0.241 e. The van der Waals surface area contributed by atoms with E-state index in [-0.39, 0.29) is 0 Å². The largest absolute Gasteiger partial charge is 0.461 e. The van der Waals surface area contributed by atoms with E-state index in [0.717, 1.165) is 38.9 Å². The number of hydrogen-bond acceptors (Lipinski definition) is 7. The predicted molar refractivity (Wildman–Crippen MR) is 96.8 cm³/mol. The Labute approximate surface area is 157 Å². The lowest BCUT2D eigenvalue weighted by Crippen LogP contribution is -2.35. The lowest BCUT2D eigenvalue weighted by Gasteiger charge is -2.31. The van der Waals surface area contributed by atoms with E-state index in [1.54, 1.807) is 6.26 Å². The molecule has 1 saturated heterocycles. The maximum Gasteiger partial charge on any atom is 0.241 e. The summed E-state index contributed by atoms with van der Waals surface area (Å²) in [6.45, 7) is 3.71. The van der Waals surface area contributed by atoms with E-state index in [1.807, 2.05) is 12.1 Å². The first-order valence-electron chi connectivity index (χ1n) is 9.87. The van der Waals surface area contributed by atoms with Crippen molar-refractivity contribution in [2.75, 3.05) is 13.1 Å². The van der Waals surface area contributed by atoms with E-state index in [4.69, 9.17) is 8.94 Å². The Hall–Kier alpha value is -2.48. The Morgan fingerprint density at radius 2 is 2.11 bits per heavy atom. The normalized spacial score (nSPS) is 21.1. The number of fused-ring (bicyclic) bond motifs is 1. The average Bonchev–Trinajstić information content (AvgIpc) is 3.41. The Kier molecular flexibility index (Phi) is 4.49. The Bertz CT molecular complexity index is 884. The van der Waals surface area contributed by atoms with Crippen LogP contribution in [0.15, 0.2) is 27.3 Å². The number of hydrogen-bond donors (Lipinski definition) is 0. The molecule has 3 aromatic rings. The minimum absolute atomic E-state index is 0.422. The van der Waals surface area contributed by atoms with Gasteiger partial charge in [0.05, 0.1) is 12.8 Å². The van der Waals surface area contributed by atoms with Gasteiger partial charge in [-0.05, 0) is 44.4 Å². The second kappa shape index (κ2) is 7.26. The molecule has 0 saturated carbocycles. The standard InChI is InChI=1S/C19H24N6O2/c1-2-8-16-21-22-19(25(16)10-3-1)14-6-4-9-24(12-14)13-17-20-18(23-27-17)15-7-5-11-26-15/h5,7,11,14H,1-4,6,8-10,12-13H2. The summed E-state index contributed by atoms with van der Waals surface area (Å²) < 4.78 is 13.1.